The van der Waals surface area contributed by atoms with Crippen LogP contribution in [0.5, 0.6) is 0 Å². The van der Waals surface area contributed by atoms with E-state index in [1.54, 1.807) is 23.5 Å². The molecule has 1 aliphatic rings. The number of benzene rings is 1. The molecule has 0 atom stereocenters. The van der Waals surface area contributed by atoms with E-state index in [1.165, 1.54) is 0 Å². The largest absolute Gasteiger partial charge is 0.444 e. The van der Waals surface area contributed by atoms with Gasteiger partial charge in [-0.2, -0.15) is 4.31 Å². The normalized spacial score (nSPS) is 16.0. The van der Waals surface area contributed by atoms with Gasteiger partial charge >= 0.3 is 0 Å². The zero-order chi connectivity index (χ0) is 20.9. The number of nitrogens with zero attached hydrogens (tertiary/aromatic N) is 3. The van der Waals surface area contributed by atoms with Gasteiger partial charge in [-0.05, 0) is 44.4 Å². The van der Waals surface area contributed by atoms with Gasteiger partial charge in [0.1, 0.15) is 5.76 Å². The Morgan fingerprint density at radius 3 is 2.34 bits per heavy atom. The van der Waals surface area contributed by atoms with Crippen molar-refractivity contribution in [1.29, 1.82) is 0 Å². The molecule has 0 bridgehead atoms. The van der Waals surface area contributed by atoms with Gasteiger partial charge in [0.25, 0.3) is 0 Å². The van der Waals surface area contributed by atoms with E-state index in [2.05, 4.69) is 20.6 Å². The molecule has 1 aromatic carbocycles. The van der Waals surface area contributed by atoms with Crippen molar-refractivity contribution in [3.8, 4) is 0 Å². The minimum atomic E-state index is -3.40. The maximum absolute atomic E-state index is 12.7. The molecule has 1 fully saturated rings. The van der Waals surface area contributed by atoms with E-state index in [0.29, 0.717) is 42.9 Å². The minimum absolute atomic E-state index is 0.347. The predicted molar refractivity (Wildman–Crippen MR) is 112 cm³/mol. The number of hydrogen-bond acceptors (Lipinski definition) is 5. The molecule has 0 aliphatic carbocycles. The molecule has 1 saturated heterocycles. The fourth-order valence-electron chi connectivity index (χ4n) is 3.21. The summed E-state index contributed by atoms with van der Waals surface area (Å²) in [7, 11) is -1.71. The van der Waals surface area contributed by atoms with E-state index < -0.39 is 10.0 Å². The summed E-state index contributed by atoms with van der Waals surface area (Å²) in [5.41, 5.74) is 1.85. The van der Waals surface area contributed by atoms with Crippen LogP contribution in [0.4, 0.5) is 0 Å². The number of aliphatic imine (C=N–C) groups is 1. The van der Waals surface area contributed by atoms with Crippen LogP contribution in [-0.4, -0.2) is 43.8 Å². The summed E-state index contributed by atoms with van der Waals surface area (Å²) in [5.74, 6) is 2.03. The Morgan fingerprint density at radius 2 is 1.76 bits per heavy atom. The molecule has 0 unspecified atom stereocenters. The third kappa shape index (κ3) is 5.36. The maximum atomic E-state index is 12.7. The number of rotatable bonds is 6. The van der Waals surface area contributed by atoms with Gasteiger partial charge in [-0.15, -0.1) is 0 Å². The Kier molecular flexibility index (Phi) is 6.92. The van der Waals surface area contributed by atoms with Crippen molar-refractivity contribution in [2.45, 2.75) is 51.1 Å². The molecule has 158 valence electrons. The summed E-state index contributed by atoms with van der Waals surface area (Å²) in [6.07, 6.45) is 2.96. The Hall–Kier alpha value is -2.39. The average molecular weight is 420 g/mol. The molecule has 9 heteroatoms. The topological polar surface area (TPSA) is 99.8 Å². The minimum Gasteiger partial charge on any atom is -0.444 e. The van der Waals surface area contributed by atoms with Gasteiger partial charge < -0.3 is 15.1 Å². The second kappa shape index (κ2) is 9.41. The number of guanidine groups is 1. The number of oxazole rings is 1. The SMILES string of the molecule is CN=C(NCc1ccc(S(=O)(=O)N2CCCCC2)cc1)NCc1nc(C)c(C)o1. The van der Waals surface area contributed by atoms with Crippen LogP contribution in [0, 0.1) is 13.8 Å². The maximum Gasteiger partial charge on any atom is 0.243 e. The first kappa shape index (κ1) is 21.3. The molecule has 2 aromatic rings. The van der Waals surface area contributed by atoms with Crippen molar-refractivity contribution >= 4 is 16.0 Å². The van der Waals surface area contributed by atoms with Crippen molar-refractivity contribution in [3.05, 3.63) is 47.2 Å². The van der Waals surface area contributed by atoms with Crippen LogP contribution in [-0.2, 0) is 23.1 Å². The van der Waals surface area contributed by atoms with E-state index in [-0.39, 0.29) is 0 Å². The molecule has 1 aliphatic heterocycles. The Morgan fingerprint density at radius 1 is 1.10 bits per heavy atom. The number of piperidine rings is 1. The second-order valence-corrected chi connectivity index (χ2v) is 9.08. The molecule has 29 heavy (non-hydrogen) atoms. The third-order valence-corrected chi connectivity index (χ3v) is 6.95. The zero-order valence-corrected chi connectivity index (χ0v) is 18.1. The highest BCUT2D eigenvalue weighted by molar-refractivity contribution is 7.89. The Balaban J connectivity index is 1.54. The fourth-order valence-corrected chi connectivity index (χ4v) is 4.73. The Bertz CT molecular complexity index is 925. The highest BCUT2D eigenvalue weighted by atomic mass is 32.2. The van der Waals surface area contributed by atoms with E-state index in [0.717, 1.165) is 36.3 Å². The molecule has 0 saturated carbocycles. The van der Waals surface area contributed by atoms with Gasteiger partial charge in [-0.1, -0.05) is 18.6 Å². The number of hydrogen-bond donors (Lipinski definition) is 2. The van der Waals surface area contributed by atoms with Gasteiger partial charge in [-0.3, -0.25) is 4.99 Å². The van der Waals surface area contributed by atoms with Crippen molar-refractivity contribution in [2.75, 3.05) is 20.1 Å². The van der Waals surface area contributed by atoms with Crippen molar-refractivity contribution < 1.29 is 12.8 Å². The molecular formula is C20H29N5O3S. The van der Waals surface area contributed by atoms with Gasteiger partial charge in [0.05, 0.1) is 17.1 Å². The zero-order valence-electron chi connectivity index (χ0n) is 17.2. The number of aryl methyl sites for hydroxylation is 2. The van der Waals surface area contributed by atoms with Crippen LogP contribution < -0.4 is 10.6 Å². The number of nitrogens with one attached hydrogen (secondary N) is 2. The lowest BCUT2D eigenvalue weighted by Gasteiger charge is -2.25. The molecule has 0 amide bonds. The van der Waals surface area contributed by atoms with Crippen LogP contribution in [0.2, 0.25) is 0 Å². The highest BCUT2D eigenvalue weighted by Crippen LogP contribution is 2.20. The van der Waals surface area contributed by atoms with Crippen LogP contribution in [0.3, 0.4) is 0 Å². The molecule has 0 radical (unpaired) electrons. The quantitative estimate of drug-likeness (QED) is 0.551. The summed E-state index contributed by atoms with van der Waals surface area (Å²) in [5, 5.41) is 6.36. The predicted octanol–water partition coefficient (Wildman–Crippen LogP) is 2.33. The average Bonchev–Trinajstić information content (AvgIpc) is 3.06. The molecular weight excluding hydrogens is 390 g/mol. The van der Waals surface area contributed by atoms with Gasteiger partial charge in [-0.25, -0.2) is 13.4 Å². The lowest BCUT2D eigenvalue weighted by Crippen LogP contribution is -2.36. The van der Waals surface area contributed by atoms with Crippen molar-refractivity contribution in [2.24, 2.45) is 4.99 Å². The Labute approximate surface area is 172 Å². The first-order valence-electron chi connectivity index (χ1n) is 9.86. The van der Waals surface area contributed by atoms with E-state index in [4.69, 9.17) is 4.42 Å². The van der Waals surface area contributed by atoms with E-state index in [9.17, 15) is 8.42 Å². The molecule has 8 nitrogen and oxygen atoms in total. The van der Waals surface area contributed by atoms with Crippen molar-refractivity contribution in [3.63, 3.8) is 0 Å². The van der Waals surface area contributed by atoms with Gasteiger partial charge in [0, 0.05) is 26.7 Å². The highest BCUT2D eigenvalue weighted by Gasteiger charge is 2.25. The molecule has 3 rings (SSSR count). The smallest absolute Gasteiger partial charge is 0.243 e. The molecule has 2 heterocycles. The molecule has 2 N–H and O–H groups in total. The van der Waals surface area contributed by atoms with E-state index in [1.807, 2.05) is 26.0 Å². The summed E-state index contributed by atoms with van der Waals surface area (Å²) < 4.78 is 32.6. The van der Waals surface area contributed by atoms with Crippen molar-refractivity contribution in [1.82, 2.24) is 19.9 Å². The third-order valence-electron chi connectivity index (χ3n) is 5.04. The van der Waals surface area contributed by atoms with Crippen LogP contribution >= 0.6 is 0 Å². The van der Waals surface area contributed by atoms with Crippen LogP contribution in [0.25, 0.3) is 0 Å². The molecule has 1 aromatic heterocycles. The second-order valence-electron chi connectivity index (χ2n) is 7.14. The van der Waals surface area contributed by atoms with Crippen LogP contribution in [0.15, 0.2) is 38.6 Å². The van der Waals surface area contributed by atoms with Crippen LogP contribution in [0.1, 0.15) is 42.2 Å². The van der Waals surface area contributed by atoms with Gasteiger partial charge in [0.15, 0.2) is 5.96 Å². The number of aromatic nitrogens is 1. The standard InChI is InChI=1S/C20H29N5O3S/c1-15-16(2)28-19(24-15)14-23-20(21-3)22-13-17-7-9-18(10-8-17)29(26,27)25-11-5-4-6-12-25/h7-10H,4-6,11-14H2,1-3H3,(H2,21,22,23). The lowest BCUT2D eigenvalue weighted by molar-refractivity contribution is 0.346. The summed E-state index contributed by atoms with van der Waals surface area (Å²) in [6.45, 7) is 5.96. The summed E-state index contributed by atoms with van der Waals surface area (Å²) >= 11 is 0. The lowest BCUT2D eigenvalue weighted by atomic mass is 10.2. The van der Waals surface area contributed by atoms with E-state index >= 15 is 0 Å². The fraction of sp³-hybridized carbons (Fsp3) is 0.500. The number of sulfonamides is 1. The first-order valence-corrected chi connectivity index (χ1v) is 11.3. The molecule has 0 spiro atoms. The summed E-state index contributed by atoms with van der Waals surface area (Å²) in [4.78, 5) is 8.87. The monoisotopic (exact) mass is 419 g/mol. The first-order chi connectivity index (χ1) is 13.9. The van der Waals surface area contributed by atoms with Gasteiger partial charge in [0.2, 0.25) is 15.9 Å². The summed E-state index contributed by atoms with van der Waals surface area (Å²) in [6, 6.07) is 7.01.